The zero-order chi connectivity index (χ0) is 21.5. The van der Waals surface area contributed by atoms with Gasteiger partial charge in [0.15, 0.2) is 5.96 Å². The van der Waals surface area contributed by atoms with Crippen molar-refractivity contribution >= 4 is 29.9 Å². The summed E-state index contributed by atoms with van der Waals surface area (Å²) in [6.45, 7) is 15.0. The van der Waals surface area contributed by atoms with Crippen LogP contribution in [0.1, 0.15) is 51.7 Å². The van der Waals surface area contributed by atoms with Gasteiger partial charge in [-0.1, -0.05) is 24.3 Å². The zero-order valence-electron chi connectivity index (χ0n) is 19.9. The number of piperidine rings is 1. The van der Waals surface area contributed by atoms with Crippen molar-refractivity contribution < 1.29 is 4.74 Å². The summed E-state index contributed by atoms with van der Waals surface area (Å²) in [5, 5.41) is 7.08. The molecule has 0 radical (unpaired) electrons. The third kappa shape index (κ3) is 8.51. The van der Waals surface area contributed by atoms with Crippen LogP contribution in [0, 0.1) is 0 Å². The molecule has 31 heavy (non-hydrogen) atoms. The highest BCUT2D eigenvalue weighted by molar-refractivity contribution is 14.0. The Morgan fingerprint density at radius 3 is 2.19 bits per heavy atom. The van der Waals surface area contributed by atoms with Gasteiger partial charge in [0.2, 0.25) is 0 Å². The van der Waals surface area contributed by atoms with Crippen LogP contribution in [0.25, 0.3) is 0 Å². The second-order valence-corrected chi connectivity index (χ2v) is 9.24. The van der Waals surface area contributed by atoms with E-state index in [2.05, 4.69) is 77.4 Å². The summed E-state index contributed by atoms with van der Waals surface area (Å²) in [4.78, 5) is 9.46. The fraction of sp³-hybridized carbons (Fsp3) is 0.708. The Bertz CT molecular complexity index is 663. The lowest BCUT2D eigenvalue weighted by atomic mass is 10.0. The highest BCUT2D eigenvalue weighted by Gasteiger charge is 2.22. The van der Waals surface area contributed by atoms with Gasteiger partial charge in [0.25, 0.3) is 0 Å². The summed E-state index contributed by atoms with van der Waals surface area (Å²) in [5.74, 6) is 0.901. The molecule has 2 unspecified atom stereocenters. The smallest absolute Gasteiger partial charge is 0.191 e. The van der Waals surface area contributed by atoms with Crippen LogP contribution in [0.15, 0.2) is 29.3 Å². The molecule has 0 aromatic heterocycles. The Kier molecular flexibility index (Phi) is 11.0. The minimum Gasteiger partial charge on any atom is -0.373 e. The summed E-state index contributed by atoms with van der Waals surface area (Å²) in [7, 11) is 1.85. The molecule has 0 amide bonds. The van der Waals surface area contributed by atoms with Crippen LogP contribution in [0.3, 0.4) is 0 Å². The first-order chi connectivity index (χ1) is 14.4. The lowest BCUT2D eigenvalue weighted by Crippen LogP contribution is -2.49. The molecule has 2 saturated heterocycles. The van der Waals surface area contributed by atoms with Crippen molar-refractivity contribution in [1.82, 2.24) is 20.4 Å². The molecule has 1 aromatic rings. The van der Waals surface area contributed by atoms with Crippen molar-refractivity contribution in [3.8, 4) is 0 Å². The molecule has 2 heterocycles. The largest absolute Gasteiger partial charge is 0.373 e. The van der Waals surface area contributed by atoms with Crippen molar-refractivity contribution in [2.75, 3.05) is 33.2 Å². The molecule has 7 heteroatoms. The summed E-state index contributed by atoms with van der Waals surface area (Å²) in [5.41, 5.74) is 2.64. The van der Waals surface area contributed by atoms with Gasteiger partial charge in [-0.2, -0.15) is 0 Å². The second-order valence-electron chi connectivity index (χ2n) is 9.24. The molecule has 176 valence electrons. The monoisotopic (exact) mass is 543 g/mol. The Hall–Kier alpha value is -0.900. The summed E-state index contributed by atoms with van der Waals surface area (Å²) in [6.07, 6.45) is 2.97. The summed E-state index contributed by atoms with van der Waals surface area (Å²) < 4.78 is 5.84. The number of ether oxygens (including phenoxy) is 1. The lowest BCUT2D eigenvalue weighted by Gasteiger charge is -2.35. The van der Waals surface area contributed by atoms with E-state index in [1.54, 1.807) is 0 Å². The predicted octanol–water partition coefficient (Wildman–Crippen LogP) is 3.45. The van der Waals surface area contributed by atoms with E-state index in [4.69, 9.17) is 4.74 Å². The van der Waals surface area contributed by atoms with E-state index in [1.165, 1.54) is 24.0 Å². The van der Waals surface area contributed by atoms with E-state index in [-0.39, 0.29) is 24.0 Å². The number of nitrogens with zero attached hydrogens (tertiary/aromatic N) is 3. The number of benzene rings is 1. The maximum absolute atomic E-state index is 5.84. The quantitative estimate of drug-likeness (QED) is 0.327. The second kappa shape index (κ2) is 13.0. The molecule has 0 saturated carbocycles. The van der Waals surface area contributed by atoms with Crippen molar-refractivity contribution in [3.05, 3.63) is 35.4 Å². The number of halogens is 1. The highest BCUT2D eigenvalue weighted by atomic mass is 127. The van der Waals surface area contributed by atoms with Gasteiger partial charge >= 0.3 is 0 Å². The lowest BCUT2D eigenvalue weighted by molar-refractivity contribution is -0.0704. The van der Waals surface area contributed by atoms with Gasteiger partial charge in [0.05, 0.1) is 12.2 Å². The van der Waals surface area contributed by atoms with E-state index in [0.29, 0.717) is 24.3 Å². The van der Waals surface area contributed by atoms with Crippen LogP contribution < -0.4 is 10.6 Å². The van der Waals surface area contributed by atoms with E-state index in [9.17, 15) is 0 Å². The Morgan fingerprint density at radius 1 is 1.06 bits per heavy atom. The maximum atomic E-state index is 5.84. The van der Waals surface area contributed by atoms with Gasteiger partial charge in [-0.25, -0.2) is 0 Å². The first-order valence-corrected chi connectivity index (χ1v) is 11.6. The molecule has 0 bridgehead atoms. The van der Waals surface area contributed by atoms with Crippen molar-refractivity contribution in [2.24, 2.45) is 4.99 Å². The maximum Gasteiger partial charge on any atom is 0.191 e. The number of likely N-dealkylation sites (tertiary alicyclic amines) is 1. The molecule has 2 aliphatic rings. The van der Waals surface area contributed by atoms with Crippen LogP contribution in [0.5, 0.6) is 0 Å². The molecule has 2 fully saturated rings. The summed E-state index contributed by atoms with van der Waals surface area (Å²) in [6, 6.07) is 10.1. The van der Waals surface area contributed by atoms with Crippen LogP contribution in [-0.2, 0) is 17.8 Å². The SMILES string of the molecule is CN=C(NCc1ccc(CN2CC(C)OC(C)C2)cc1)NC1CCN(C(C)C)CC1.I. The molecule has 0 spiro atoms. The van der Waals surface area contributed by atoms with E-state index < -0.39 is 0 Å². The number of rotatable bonds is 6. The minimum absolute atomic E-state index is 0. The van der Waals surface area contributed by atoms with Crippen LogP contribution in [-0.4, -0.2) is 73.3 Å². The predicted molar refractivity (Wildman–Crippen MR) is 140 cm³/mol. The van der Waals surface area contributed by atoms with Gasteiger partial charge in [-0.05, 0) is 51.7 Å². The molecule has 2 atom stereocenters. The van der Waals surface area contributed by atoms with Crippen LogP contribution >= 0.6 is 24.0 Å². The average molecular weight is 544 g/mol. The van der Waals surface area contributed by atoms with Crippen molar-refractivity contribution in [2.45, 2.75) is 77.9 Å². The third-order valence-electron chi connectivity index (χ3n) is 6.21. The summed E-state index contributed by atoms with van der Waals surface area (Å²) >= 11 is 0. The van der Waals surface area contributed by atoms with E-state index in [0.717, 1.165) is 45.2 Å². The van der Waals surface area contributed by atoms with Gasteiger partial charge in [0, 0.05) is 58.4 Å². The molecular formula is C24H42IN5O. The molecule has 1 aromatic carbocycles. The number of guanidine groups is 1. The molecular weight excluding hydrogens is 501 g/mol. The first kappa shape index (κ1) is 26.4. The average Bonchev–Trinajstić information content (AvgIpc) is 2.71. The minimum atomic E-state index is 0. The fourth-order valence-electron chi connectivity index (χ4n) is 4.57. The number of aliphatic imine (C=N–C) groups is 1. The third-order valence-corrected chi connectivity index (χ3v) is 6.21. The topological polar surface area (TPSA) is 52.1 Å². The zero-order valence-corrected chi connectivity index (χ0v) is 22.3. The Morgan fingerprint density at radius 2 is 1.65 bits per heavy atom. The van der Waals surface area contributed by atoms with Gasteiger partial charge in [-0.3, -0.25) is 9.89 Å². The number of hydrogen-bond donors (Lipinski definition) is 2. The highest BCUT2D eigenvalue weighted by Crippen LogP contribution is 2.15. The number of nitrogens with one attached hydrogen (secondary N) is 2. The van der Waals surface area contributed by atoms with E-state index >= 15 is 0 Å². The van der Waals surface area contributed by atoms with E-state index in [1.807, 2.05) is 7.05 Å². The molecule has 3 rings (SSSR count). The number of morpholine rings is 1. The number of hydrogen-bond acceptors (Lipinski definition) is 4. The molecule has 6 nitrogen and oxygen atoms in total. The van der Waals surface area contributed by atoms with Crippen molar-refractivity contribution in [3.63, 3.8) is 0 Å². The normalized spacial score (nSPS) is 24.1. The van der Waals surface area contributed by atoms with Gasteiger partial charge in [0.1, 0.15) is 0 Å². The van der Waals surface area contributed by atoms with Gasteiger partial charge < -0.3 is 20.3 Å². The van der Waals surface area contributed by atoms with Crippen molar-refractivity contribution in [1.29, 1.82) is 0 Å². The molecule has 0 aliphatic carbocycles. The first-order valence-electron chi connectivity index (χ1n) is 11.6. The van der Waals surface area contributed by atoms with Gasteiger partial charge in [-0.15, -0.1) is 24.0 Å². The fourth-order valence-corrected chi connectivity index (χ4v) is 4.57. The Labute approximate surface area is 206 Å². The molecule has 2 N–H and O–H groups in total. The van der Waals surface area contributed by atoms with Crippen LogP contribution in [0.2, 0.25) is 0 Å². The molecule has 2 aliphatic heterocycles. The standard InChI is InChI=1S/C24H41N5O.HI/c1-18(2)29-12-10-23(11-13-29)27-24(25-5)26-14-21-6-8-22(9-7-21)17-28-15-19(3)30-20(4)16-28;/h6-9,18-20,23H,10-17H2,1-5H3,(H2,25,26,27);1H. The van der Waals surface area contributed by atoms with Crippen LogP contribution in [0.4, 0.5) is 0 Å². The Balaban J connectivity index is 0.00000341.